The van der Waals surface area contributed by atoms with Crippen LogP contribution in [0, 0.1) is 0 Å². The van der Waals surface area contributed by atoms with Gasteiger partial charge in [0.25, 0.3) is 0 Å². The average molecular weight is 253 g/mol. The summed E-state index contributed by atoms with van der Waals surface area (Å²) in [6.07, 6.45) is 1.82. The molecule has 92 valence electrons. The molecule has 0 aliphatic carbocycles. The second-order valence-corrected chi connectivity index (χ2v) is 5.27. The Labute approximate surface area is 104 Å². The number of nitrogens with zero attached hydrogens (tertiary/aromatic N) is 1. The minimum absolute atomic E-state index is 0.0838. The molecule has 1 saturated heterocycles. The first-order valence-electron chi connectivity index (χ1n) is 5.54. The van der Waals surface area contributed by atoms with E-state index in [0.29, 0.717) is 10.8 Å². The molecule has 1 unspecified atom stereocenters. The van der Waals surface area contributed by atoms with Crippen molar-refractivity contribution in [1.29, 1.82) is 0 Å². The molecule has 0 spiro atoms. The number of hydrogen-bond acceptors (Lipinski definition) is 5. The van der Waals surface area contributed by atoms with E-state index in [1.54, 1.807) is 5.38 Å². The number of amides is 1. The van der Waals surface area contributed by atoms with Gasteiger partial charge in [-0.25, -0.2) is 4.98 Å². The van der Waals surface area contributed by atoms with E-state index in [-0.39, 0.29) is 11.7 Å². The summed E-state index contributed by atoms with van der Waals surface area (Å²) in [4.78, 5) is 27.2. The van der Waals surface area contributed by atoms with E-state index in [1.165, 1.54) is 18.3 Å². The third-order valence-electron chi connectivity index (χ3n) is 2.96. The molecule has 1 amide bonds. The Kier molecular flexibility index (Phi) is 3.26. The Hall–Kier alpha value is -1.27. The lowest BCUT2D eigenvalue weighted by Gasteiger charge is -2.21. The minimum Gasteiger partial charge on any atom is -0.304 e. The lowest BCUT2D eigenvalue weighted by molar-refractivity contribution is -0.121. The van der Waals surface area contributed by atoms with Crippen molar-refractivity contribution < 1.29 is 9.59 Å². The Balaban J connectivity index is 2.05. The first-order valence-corrected chi connectivity index (χ1v) is 6.42. The molecular formula is C11H15N3O2S. The number of hydrogen-bond donors (Lipinski definition) is 2. The van der Waals surface area contributed by atoms with E-state index in [4.69, 9.17) is 0 Å². The first-order chi connectivity index (χ1) is 8.01. The highest BCUT2D eigenvalue weighted by Gasteiger charge is 2.36. The molecule has 0 saturated carbocycles. The van der Waals surface area contributed by atoms with Crippen LogP contribution < -0.4 is 10.6 Å². The smallest absolute Gasteiger partial charge is 0.246 e. The number of ketones is 1. The quantitative estimate of drug-likeness (QED) is 0.799. The molecule has 1 atom stereocenters. The van der Waals surface area contributed by atoms with Crippen LogP contribution in [-0.2, 0) is 4.79 Å². The van der Waals surface area contributed by atoms with Crippen molar-refractivity contribution in [2.75, 3.05) is 11.9 Å². The maximum atomic E-state index is 12.0. The number of anilines is 1. The van der Waals surface area contributed by atoms with Crippen LogP contribution in [0.3, 0.4) is 0 Å². The topological polar surface area (TPSA) is 71.1 Å². The molecule has 1 fully saturated rings. The van der Waals surface area contributed by atoms with Crippen LogP contribution in [0.4, 0.5) is 5.13 Å². The molecule has 5 nitrogen and oxygen atoms in total. The Bertz CT molecular complexity index is 449. The molecular weight excluding hydrogens is 238 g/mol. The van der Waals surface area contributed by atoms with Gasteiger partial charge < -0.3 is 10.6 Å². The molecule has 6 heteroatoms. The monoisotopic (exact) mass is 253 g/mol. The van der Waals surface area contributed by atoms with Crippen molar-refractivity contribution in [3.05, 3.63) is 11.1 Å². The van der Waals surface area contributed by atoms with E-state index in [1.807, 2.05) is 6.92 Å². The van der Waals surface area contributed by atoms with Crippen LogP contribution >= 0.6 is 11.3 Å². The maximum Gasteiger partial charge on any atom is 0.246 e. The second kappa shape index (κ2) is 4.54. The van der Waals surface area contributed by atoms with Gasteiger partial charge in [-0.1, -0.05) is 0 Å². The van der Waals surface area contributed by atoms with Gasteiger partial charge in [-0.2, -0.15) is 0 Å². The van der Waals surface area contributed by atoms with Gasteiger partial charge in [-0.05, 0) is 26.3 Å². The fourth-order valence-electron chi connectivity index (χ4n) is 1.82. The van der Waals surface area contributed by atoms with E-state index >= 15 is 0 Å². The van der Waals surface area contributed by atoms with Crippen molar-refractivity contribution in [3.63, 3.8) is 0 Å². The van der Waals surface area contributed by atoms with Crippen LogP contribution in [0.2, 0.25) is 0 Å². The second-order valence-electron chi connectivity index (χ2n) is 4.41. The average Bonchev–Trinajstić information content (AvgIpc) is 2.88. The number of carbonyl (C=O) groups excluding carboxylic acids is 2. The fraction of sp³-hybridized carbons (Fsp3) is 0.545. The lowest BCUT2D eigenvalue weighted by atomic mass is 10.00. The van der Waals surface area contributed by atoms with Crippen LogP contribution in [-0.4, -0.2) is 28.8 Å². The molecule has 1 aromatic heterocycles. The summed E-state index contributed by atoms with van der Waals surface area (Å²) in [5, 5.41) is 8.07. The standard InChI is InChI=1S/C11H15N3O2S/c1-7(15)8-6-17-10(13-8)14-9(16)11(2)4-3-5-12-11/h6,12H,3-5H2,1-2H3,(H,13,14,16). The van der Waals surface area contributed by atoms with E-state index in [0.717, 1.165) is 19.4 Å². The summed E-state index contributed by atoms with van der Waals surface area (Å²) in [5.41, 5.74) is -0.114. The Morgan fingerprint density at radius 2 is 2.35 bits per heavy atom. The minimum atomic E-state index is -0.512. The number of rotatable bonds is 3. The van der Waals surface area contributed by atoms with Gasteiger partial charge in [-0.15, -0.1) is 11.3 Å². The third kappa shape index (κ3) is 2.53. The highest BCUT2D eigenvalue weighted by atomic mass is 32.1. The summed E-state index contributed by atoms with van der Waals surface area (Å²) >= 11 is 1.27. The molecule has 2 N–H and O–H groups in total. The van der Waals surface area contributed by atoms with E-state index in [2.05, 4.69) is 15.6 Å². The van der Waals surface area contributed by atoms with Gasteiger partial charge >= 0.3 is 0 Å². The zero-order valence-electron chi connectivity index (χ0n) is 9.87. The van der Waals surface area contributed by atoms with Gasteiger partial charge in [0.05, 0.1) is 5.54 Å². The largest absolute Gasteiger partial charge is 0.304 e. The van der Waals surface area contributed by atoms with Crippen LogP contribution in [0.15, 0.2) is 5.38 Å². The Morgan fingerprint density at radius 1 is 1.59 bits per heavy atom. The lowest BCUT2D eigenvalue weighted by Crippen LogP contribution is -2.47. The summed E-state index contributed by atoms with van der Waals surface area (Å²) < 4.78 is 0. The highest BCUT2D eigenvalue weighted by Crippen LogP contribution is 2.22. The van der Waals surface area contributed by atoms with Crippen molar-refractivity contribution >= 4 is 28.2 Å². The van der Waals surface area contributed by atoms with Crippen LogP contribution in [0.1, 0.15) is 37.2 Å². The summed E-state index contributed by atoms with van der Waals surface area (Å²) in [7, 11) is 0. The normalized spacial score (nSPS) is 23.6. The van der Waals surface area contributed by atoms with Crippen molar-refractivity contribution in [3.8, 4) is 0 Å². The number of nitrogens with one attached hydrogen (secondary N) is 2. The molecule has 0 aromatic carbocycles. The van der Waals surface area contributed by atoms with Gasteiger partial charge in [0, 0.05) is 12.3 Å². The summed E-state index contributed by atoms with van der Waals surface area (Å²) in [5.74, 6) is -0.175. The molecule has 1 aromatic rings. The molecule has 0 radical (unpaired) electrons. The van der Waals surface area contributed by atoms with E-state index < -0.39 is 5.54 Å². The Morgan fingerprint density at radius 3 is 2.88 bits per heavy atom. The molecule has 1 aliphatic heterocycles. The predicted octanol–water partition coefficient (Wildman–Crippen LogP) is 1.43. The van der Waals surface area contributed by atoms with Gasteiger partial charge in [0.15, 0.2) is 10.9 Å². The number of carbonyl (C=O) groups is 2. The maximum absolute atomic E-state index is 12.0. The molecule has 17 heavy (non-hydrogen) atoms. The molecule has 0 bridgehead atoms. The summed E-state index contributed by atoms with van der Waals surface area (Å²) in [6.45, 7) is 4.20. The molecule has 2 rings (SSSR count). The van der Waals surface area contributed by atoms with Crippen molar-refractivity contribution in [2.45, 2.75) is 32.2 Å². The summed E-state index contributed by atoms with van der Waals surface area (Å²) in [6, 6.07) is 0. The zero-order valence-corrected chi connectivity index (χ0v) is 10.7. The molecule has 1 aliphatic rings. The highest BCUT2D eigenvalue weighted by molar-refractivity contribution is 7.14. The zero-order chi connectivity index (χ0) is 12.5. The SMILES string of the molecule is CC(=O)c1csc(NC(=O)C2(C)CCCN2)n1. The molecule has 2 heterocycles. The van der Waals surface area contributed by atoms with Crippen molar-refractivity contribution in [2.24, 2.45) is 0 Å². The fourth-order valence-corrected chi connectivity index (χ4v) is 2.56. The third-order valence-corrected chi connectivity index (χ3v) is 3.71. The van der Waals surface area contributed by atoms with Gasteiger partial charge in [-0.3, -0.25) is 9.59 Å². The first kappa shape index (κ1) is 12.2. The van der Waals surface area contributed by atoms with E-state index in [9.17, 15) is 9.59 Å². The van der Waals surface area contributed by atoms with Gasteiger partial charge in [0.2, 0.25) is 5.91 Å². The number of Topliss-reactive ketones (excluding diaryl/α,β-unsaturated/α-hetero) is 1. The van der Waals surface area contributed by atoms with Crippen LogP contribution in [0.5, 0.6) is 0 Å². The van der Waals surface area contributed by atoms with Crippen molar-refractivity contribution in [1.82, 2.24) is 10.3 Å². The van der Waals surface area contributed by atoms with Gasteiger partial charge in [0.1, 0.15) is 5.69 Å². The number of aromatic nitrogens is 1. The van der Waals surface area contributed by atoms with Crippen LogP contribution in [0.25, 0.3) is 0 Å². The predicted molar refractivity (Wildman–Crippen MR) is 66.4 cm³/mol. The number of thiazole rings is 1.